The number of benzene rings is 1. The van der Waals surface area contributed by atoms with Crippen molar-refractivity contribution in [1.29, 1.82) is 0 Å². The highest BCUT2D eigenvalue weighted by Gasteiger charge is 2.32. The van der Waals surface area contributed by atoms with Crippen LogP contribution in [0.25, 0.3) is 5.69 Å². The van der Waals surface area contributed by atoms with Crippen molar-refractivity contribution in [3.63, 3.8) is 0 Å². The number of morpholine rings is 1. The topological polar surface area (TPSA) is 84.7 Å². The Morgan fingerprint density at radius 2 is 2.09 bits per heavy atom. The van der Waals surface area contributed by atoms with E-state index in [4.69, 9.17) is 4.74 Å². The number of para-hydroxylation sites is 1. The zero-order valence-corrected chi connectivity index (χ0v) is 12.5. The predicted octanol–water partition coefficient (Wildman–Crippen LogP) is 0.727. The normalized spacial score (nSPS) is 17.9. The molecule has 3 rings (SSSR count). The molecule has 23 heavy (non-hydrogen) atoms. The standard InChI is InChI=1S/C16H17N3O4/c20-15(18-6-7-23-11-14(18)16(21)22)8-12-9-17-19(10-12)13-4-2-1-3-5-13/h1-5,9-10,14H,6-8,11H2,(H,21,22)/t14-/m0/s1. The second-order valence-corrected chi connectivity index (χ2v) is 5.32. The Bertz CT molecular complexity index is 698. The van der Waals surface area contributed by atoms with Crippen LogP contribution >= 0.6 is 0 Å². The van der Waals surface area contributed by atoms with Crippen LogP contribution in [0.3, 0.4) is 0 Å². The van der Waals surface area contributed by atoms with E-state index < -0.39 is 12.0 Å². The summed E-state index contributed by atoms with van der Waals surface area (Å²) >= 11 is 0. The molecule has 7 nitrogen and oxygen atoms in total. The Morgan fingerprint density at radius 1 is 1.30 bits per heavy atom. The van der Waals surface area contributed by atoms with Crippen LogP contribution in [-0.4, -0.2) is 57.5 Å². The van der Waals surface area contributed by atoms with Crippen molar-refractivity contribution in [3.05, 3.63) is 48.3 Å². The molecule has 7 heteroatoms. The van der Waals surface area contributed by atoms with Gasteiger partial charge in [0.15, 0.2) is 6.04 Å². The van der Waals surface area contributed by atoms with Gasteiger partial charge in [-0.1, -0.05) is 18.2 Å². The van der Waals surface area contributed by atoms with Gasteiger partial charge in [0, 0.05) is 12.7 Å². The van der Waals surface area contributed by atoms with Gasteiger partial charge in [-0.3, -0.25) is 4.79 Å². The van der Waals surface area contributed by atoms with E-state index in [0.29, 0.717) is 13.2 Å². The van der Waals surface area contributed by atoms with Crippen LogP contribution in [0.5, 0.6) is 0 Å². The minimum Gasteiger partial charge on any atom is -0.480 e. The number of aromatic nitrogens is 2. The molecule has 0 bridgehead atoms. The average Bonchev–Trinajstić information content (AvgIpc) is 3.04. The van der Waals surface area contributed by atoms with E-state index in [2.05, 4.69) is 5.10 Å². The highest BCUT2D eigenvalue weighted by molar-refractivity contribution is 5.85. The van der Waals surface area contributed by atoms with Crippen LogP contribution in [-0.2, 0) is 20.7 Å². The van der Waals surface area contributed by atoms with E-state index in [9.17, 15) is 14.7 Å². The van der Waals surface area contributed by atoms with Gasteiger partial charge < -0.3 is 14.7 Å². The summed E-state index contributed by atoms with van der Waals surface area (Å²) in [6, 6.07) is 8.66. The molecular formula is C16H17N3O4. The first-order chi connectivity index (χ1) is 11.1. The first-order valence-electron chi connectivity index (χ1n) is 7.34. The largest absolute Gasteiger partial charge is 0.480 e. The Kier molecular flexibility index (Phi) is 4.38. The fourth-order valence-electron chi connectivity index (χ4n) is 2.56. The Morgan fingerprint density at radius 3 is 2.83 bits per heavy atom. The lowest BCUT2D eigenvalue weighted by molar-refractivity contribution is -0.158. The van der Waals surface area contributed by atoms with Gasteiger partial charge in [0.05, 0.1) is 31.5 Å². The number of carbonyl (C=O) groups is 2. The van der Waals surface area contributed by atoms with E-state index >= 15 is 0 Å². The van der Waals surface area contributed by atoms with E-state index in [-0.39, 0.29) is 18.9 Å². The lowest BCUT2D eigenvalue weighted by Crippen LogP contribution is -2.53. The molecule has 2 heterocycles. The number of ether oxygens (including phenoxy) is 1. The fourth-order valence-corrected chi connectivity index (χ4v) is 2.56. The van der Waals surface area contributed by atoms with Gasteiger partial charge in [0.2, 0.25) is 5.91 Å². The smallest absolute Gasteiger partial charge is 0.328 e. The quantitative estimate of drug-likeness (QED) is 0.899. The van der Waals surface area contributed by atoms with Crippen LogP contribution in [0.1, 0.15) is 5.56 Å². The third-order valence-corrected chi connectivity index (χ3v) is 3.75. The summed E-state index contributed by atoms with van der Waals surface area (Å²) in [5.41, 5.74) is 1.65. The van der Waals surface area contributed by atoms with Crippen LogP contribution in [0, 0.1) is 0 Å². The van der Waals surface area contributed by atoms with Gasteiger partial charge in [-0.15, -0.1) is 0 Å². The van der Waals surface area contributed by atoms with Crippen LogP contribution in [0.4, 0.5) is 0 Å². The fraction of sp³-hybridized carbons (Fsp3) is 0.312. The van der Waals surface area contributed by atoms with Crippen molar-refractivity contribution in [3.8, 4) is 5.69 Å². The minimum atomic E-state index is -1.04. The number of carboxylic acid groups (broad SMARTS) is 1. The van der Waals surface area contributed by atoms with E-state index in [0.717, 1.165) is 11.3 Å². The predicted molar refractivity (Wildman–Crippen MR) is 81.2 cm³/mol. The van der Waals surface area contributed by atoms with Gasteiger partial charge in [0.25, 0.3) is 0 Å². The second-order valence-electron chi connectivity index (χ2n) is 5.32. The SMILES string of the molecule is O=C(O)[C@@H]1COCCN1C(=O)Cc1cnn(-c2ccccc2)c1. The number of hydrogen-bond donors (Lipinski definition) is 1. The Labute approximate surface area is 133 Å². The molecular weight excluding hydrogens is 298 g/mol. The molecule has 1 aromatic carbocycles. The van der Waals surface area contributed by atoms with Crippen molar-refractivity contribution >= 4 is 11.9 Å². The molecule has 0 aliphatic carbocycles. The van der Waals surface area contributed by atoms with Crippen molar-refractivity contribution < 1.29 is 19.4 Å². The second kappa shape index (κ2) is 6.62. The molecule has 2 aromatic rings. The summed E-state index contributed by atoms with van der Waals surface area (Å²) in [4.78, 5) is 25.0. The van der Waals surface area contributed by atoms with Gasteiger partial charge in [-0.05, 0) is 17.7 Å². The van der Waals surface area contributed by atoms with Gasteiger partial charge in [-0.25, -0.2) is 9.48 Å². The maximum atomic E-state index is 12.4. The van der Waals surface area contributed by atoms with Crippen molar-refractivity contribution in [2.24, 2.45) is 0 Å². The lowest BCUT2D eigenvalue weighted by Gasteiger charge is -2.32. The van der Waals surface area contributed by atoms with Crippen molar-refractivity contribution in [2.45, 2.75) is 12.5 Å². The first kappa shape index (κ1) is 15.2. The van der Waals surface area contributed by atoms with Crippen molar-refractivity contribution in [1.82, 2.24) is 14.7 Å². The third kappa shape index (κ3) is 3.40. The molecule has 0 radical (unpaired) electrons. The third-order valence-electron chi connectivity index (χ3n) is 3.75. The minimum absolute atomic E-state index is 0.0321. The summed E-state index contributed by atoms with van der Waals surface area (Å²) in [7, 11) is 0. The number of nitrogens with zero attached hydrogens (tertiary/aromatic N) is 3. The average molecular weight is 315 g/mol. The number of carbonyl (C=O) groups excluding carboxylic acids is 1. The molecule has 1 saturated heterocycles. The molecule has 1 aliphatic heterocycles. The van der Waals surface area contributed by atoms with Crippen molar-refractivity contribution in [2.75, 3.05) is 19.8 Å². The van der Waals surface area contributed by atoms with E-state index in [1.807, 2.05) is 30.3 Å². The molecule has 120 valence electrons. The number of rotatable bonds is 4. The number of carboxylic acids is 1. The lowest BCUT2D eigenvalue weighted by atomic mass is 10.1. The molecule has 0 saturated carbocycles. The molecule has 0 spiro atoms. The number of hydrogen-bond acceptors (Lipinski definition) is 4. The van der Waals surface area contributed by atoms with Gasteiger partial charge in [0.1, 0.15) is 0 Å². The highest BCUT2D eigenvalue weighted by Crippen LogP contribution is 2.12. The molecule has 1 amide bonds. The molecule has 1 aliphatic rings. The zero-order chi connectivity index (χ0) is 16.2. The highest BCUT2D eigenvalue weighted by atomic mass is 16.5. The maximum absolute atomic E-state index is 12.4. The maximum Gasteiger partial charge on any atom is 0.328 e. The summed E-state index contributed by atoms with van der Waals surface area (Å²) in [5.74, 6) is -1.27. The van der Waals surface area contributed by atoms with Crippen LogP contribution < -0.4 is 0 Å². The summed E-state index contributed by atoms with van der Waals surface area (Å²) in [6.45, 7) is 0.686. The number of aliphatic carboxylic acids is 1. The summed E-state index contributed by atoms with van der Waals surface area (Å²) < 4.78 is 6.84. The van der Waals surface area contributed by atoms with Crippen LogP contribution in [0.15, 0.2) is 42.7 Å². The van der Waals surface area contributed by atoms with E-state index in [1.54, 1.807) is 17.1 Å². The summed E-state index contributed by atoms with van der Waals surface area (Å²) in [5, 5.41) is 13.4. The Hall–Kier alpha value is -2.67. The Balaban J connectivity index is 1.70. The van der Waals surface area contributed by atoms with Gasteiger partial charge in [-0.2, -0.15) is 5.10 Å². The van der Waals surface area contributed by atoms with E-state index in [1.165, 1.54) is 4.90 Å². The summed E-state index contributed by atoms with van der Waals surface area (Å²) in [6.07, 6.45) is 3.53. The van der Waals surface area contributed by atoms with Gasteiger partial charge >= 0.3 is 5.97 Å². The molecule has 1 aromatic heterocycles. The molecule has 1 fully saturated rings. The molecule has 1 atom stereocenters. The molecule has 1 N–H and O–H groups in total. The first-order valence-corrected chi connectivity index (χ1v) is 7.34. The zero-order valence-electron chi connectivity index (χ0n) is 12.5. The molecule has 0 unspecified atom stereocenters. The monoisotopic (exact) mass is 315 g/mol. The van der Waals surface area contributed by atoms with Crippen LogP contribution in [0.2, 0.25) is 0 Å². The number of amides is 1.